The normalized spacial score (nSPS) is 13.8. The van der Waals surface area contributed by atoms with Gasteiger partial charge in [0.1, 0.15) is 0 Å². The van der Waals surface area contributed by atoms with Gasteiger partial charge in [-0.15, -0.1) is 0 Å². The molecule has 0 aliphatic rings. The first-order chi connectivity index (χ1) is 7.64. The van der Waals surface area contributed by atoms with Crippen molar-refractivity contribution in [2.24, 2.45) is 5.73 Å². The summed E-state index contributed by atoms with van der Waals surface area (Å²) >= 11 is 0. The maximum absolute atomic E-state index is 6.20. The Kier molecular flexibility index (Phi) is 4.93. The van der Waals surface area contributed by atoms with Crippen LogP contribution in [0.15, 0.2) is 30.3 Å². The molecule has 0 bridgehead atoms. The summed E-state index contributed by atoms with van der Waals surface area (Å²) in [5.74, 6) is -0.759. The van der Waals surface area contributed by atoms with Crippen molar-refractivity contribution in [3.05, 3.63) is 35.9 Å². The SMILES string of the molecule is CCOC(C)(OCC)[C@H](N)c1ccccc1. The molecule has 3 heteroatoms. The van der Waals surface area contributed by atoms with Crippen LogP contribution in [-0.2, 0) is 9.47 Å². The molecular formula is C13H21NO2. The smallest absolute Gasteiger partial charge is 0.184 e. The van der Waals surface area contributed by atoms with Gasteiger partial charge in [0.15, 0.2) is 5.79 Å². The van der Waals surface area contributed by atoms with Crippen molar-refractivity contribution >= 4 is 0 Å². The Morgan fingerprint density at radius 2 is 1.62 bits per heavy atom. The van der Waals surface area contributed by atoms with Crippen molar-refractivity contribution in [1.29, 1.82) is 0 Å². The summed E-state index contributed by atoms with van der Waals surface area (Å²) in [5.41, 5.74) is 7.22. The summed E-state index contributed by atoms with van der Waals surface area (Å²) in [6.07, 6.45) is 0. The van der Waals surface area contributed by atoms with E-state index in [0.717, 1.165) is 5.56 Å². The van der Waals surface area contributed by atoms with Crippen molar-refractivity contribution in [2.45, 2.75) is 32.6 Å². The molecule has 0 aromatic heterocycles. The summed E-state index contributed by atoms with van der Waals surface area (Å²) < 4.78 is 11.3. The standard InChI is InChI=1S/C13H21NO2/c1-4-15-13(3,16-5-2)12(14)11-9-7-6-8-10-11/h6-10,12H,4-5,14H2,1-3H3/t12-/m1/s1. The highest BCUT2D eigenvalue weighted by Crippen LogP contribution is 2.28. The zero-order chi connectivity index (χ0) is 12.0. The second-order valence-corrected chi connectivity index (χ2v) is 3.77. The van der Waals surface area contributed by atoms with Gasteiger partial charge in [-0.1, -0.05) is 30.3 Å². The minimum Gasteiger partial charge on any atom is -0.349 e. The zero-order valence-corrected chi connectivity index (χ0v) is 10.3. The Hall–Kier alpha value is -0.900. The highest BCUT2D eigenvalue weighted by atomic mass is 16.7. The quantitative estimate of drug-likeness (QED) is 0.753. The van der Waals surface area contributed by atoms with Crippen LogP contribution in [0.4, 0.5) is 0 Å². The fourth-order valence-corrected chi connectivity index (χ4v) is 1.76. The second kappa shape index (κ2) is 5.99. The van der Waals surface area contributed by atoms with E-state index in [2.05, 4.69) is 0 Å². The van der Waals surface area contributed by atoms with E-state index in [1.54, 1.807) is 0 Å². The van der Waals surface area contributed by atoms with Crippen molar-refractivity contribution in [3.63, 3.8) is 0 Å². The lowest BCUT2D eigenvalue weighted by Gasteiger charge is -2.34. The molecule has 0 radical (unpaired) electrons. The van der Waals surface area contributed by atoms with Gasteiger partial charge >= 0.3 is 0 Å². The van der Waals surface area contributed by atoms with Gasteiger partial charge in [0.05, 0.1) is 6.04 Å². The molecule has 1 aromatic carbocycles. The third-order valence-corrected chi connectivity index (χ3v) is 2.59. The molecule has 0 saturated carbocycles. The molecule has 0 saturated heterocycles. The average molecular weight is 223 g/mol. The van der Waals surface area contributed by atoms with E-state index in [9.17, 15) is 0 Å². The lowest BCUT2D eigenvalue weighted by molar-refractivity contribution is -0.234. The van der Waals surface area contributed by atoms with Gasteiger partial charge < -0.3 is 15.2 Å². The van der Waals surface area contributed by atoms with Gasteiger partial charge in [-0.05, 0) is 26.3 Å². The van der Waals surface area contributed by atoms with E-state index in [-0.39, 0.29) is 6.04 Å². The second-order valence-electron chi connectivity index (χ2n) is 3.77. The van der Waals surface area contributed by atoms with Gasteiger partial charge in [0.2, 0.25) is 0 Å². The highest BCUT2D eigenvalue weighted by molar-refractivity contribution is 5.20. The van der Waals surface area contributed by atoms with Crippen molar-refractivity contribution in [3.8, 4) is 0 Å². The lowest BCUT2D eigenvalue weighted by atomic mass is 10.0. The van der Waals surface area contributed by atoms with Gasteiger partial charge in [-0.3, -0.25) is 0 Å². The van der Waals surface area contributed by atoms with E-state index >= 15 is 0 Å². The molecule has 0 amide bonds. The third kappa shape index (κ3) is 3.04. The van der Waals surface area contributed by atoms with Crippen molar-refractivity contribution in [2.75, 3.05) is 13.2 Å². The predicted octanol–water partition coefficient (Wildman–Crippen LogP) is 2.48. The van der Waals surface area contributed by atoms with Crippen molar-refractivity contribution < 1.29 is 9.47 Å². The fraction of sp³-hybridized carbons (Fsp3) is 0.538. The van der Waals surface area contributed by atoms with Crippen molar-refractivity contribution in [1.82, 2.24) is 0 Å². The number of ether oxygens (including phenoxy) is 2. The number of nitrogens with two attached hydrogens (primary N) is 1. The number of hydrogen-bond donors (Lipinski definition) is 1. The van der Waals surface area contributed by atoms with Crippen LogP contribution >= 0.6 is 0 Å². The molecule has 2 N–H and O–H groups in total. The molecular weight excluding hydrogens is 202 g/mol. The molecule has 0 aliphatic carbocycles. The van der Waals surface area contributed by atoms with Crippen LogP contribution in [-0.4, -0.2) is 19.0 Å². The lowest BCUT2D eigenvalue weighted by Crippen LogP contribution is -2.43. The maximum Gasteiger partial charge on any atom is 0.184 e. The molecule has 90 valence electrons. The average Bonchev–Trinajstić information content (AvgIpc) is 2.30. The Bertz CT molecular complexity index is 294. The number of benzene rings is 1. The van der Waals surface area contributed by atoms with Crippen LogP contribution in [0.2, 0.25) is 0 Å². The van der Waals surface area contributed by atoms with Crippen LogP contribution in [0, 0.1) is 0 Å². The van der Waals surface area contributed by atoms with Gasteiger partial charge in [-0.2, -0.15) is 0 Å². The van der Waals surface area contributed by atoms with Crippen LogP contribution in [0.1, 0.15) is 32.4 Å². The minimum atomic E-state index is -0.759. The van der Waals surface area contributed by atoms with Crippen LogP contribution in [0.25, 0.3) is 0 Å². The summed E-state index contributed by atoms with van der Waals surface area (Å²) in [5, 5.41) is 0. The number of rotatable bonds is 6. The minimum absolute atomic E-state index is 0.284. The Labute approximate surface area is 97.6 Å². The van der Waals surface area contributed by atoms with Gasteiger partial charge in [0.25, 0.3) is 0 Å². The Morgan fingerprint density at radius 3 is 2.06 bits per heavy atom. The van der Waals surface area contributed by atoms with E-state index < -0.39 is 5.79 Å². The van der Waals surface area contributed by atoms with Gasteiger partial charge in [-0.25, -0.2) is 0 Å². The summed E-state index contributed by atoms with van der Waals surface area (Å²) in [4.78, 5) is 0. The van der Waals surface area contributed by atoms with E-state index in [4.69, 9.17) is 15.2 Å². The predicted molar refractivity (Wildman–Crippen MR) is 65.0 cm³/mol. The molecule has 1 rings (SSSR count). The largest absolute Gasteiger partial charge is 0.349 e. The summed E-state index contributed by atoms with van der Waals surface area (Å²) in [6, 6.07) is 9.59. The van der Waals surface area contributed by atoms with Crippen LogP contribution in [0.5, 0.6) is 0 Å². The van der Waals surface area contributed by atoms with E-state index in [1.807, 2.05) is 51.1 Å². The zero-order valence-electron chi connectivity index (χ0n) is 10.3. The molecule has 3 nitrogen and oxygen atoms in total. The third-order valence-electron chi connectivity index (χ3n) is 2.59. The molecule has 0 unspecified atom stereocenters. The molecule has 1 aromatic rings. The molecule has 0 spiro atoms. The topological polar surface area (TPSA) is 44.5 Å². The summed E-state index contributed by atoms with van der Waals surface area (Å²) in [6.45, 7) is 6.93. The number of hydrogen-bond acceptors (Lipinski definition) is 3. The first kappa shape index (κ1) is 13.2. The van der Waals surface area contributed by atoms with E-state index in [1.165, 1.54) is 0 Å². The highest BCUT2D eigenvalue weighted by Gasteiger charge is 2.34. The molecule has 0 fully saturated rings. The maximum atomic E-state index is 6.20. The Morgan fingerprint density at radius 1 is 1.12 bits per heavy atom. The van der Waals surface area contributed by atoms with Crippen LogP contribution < -0.4 is 5.73 Å². The molecule has 0 heterocycles. The monoisotopic (exact) mass is 223 g/mol. The van der Waals surface area contributed by atoms with Gasteiger partial charge in [0, 0.05) is 13.2 Å². The fourth-order valence-electron chi connectivity index (χ4n) is 1.76. The van der Waals surface area contributed by atoms with E-state index in [0.29, 0.717) is 13.2 Å². The first-order valence-electron chi connectivity index (χ1n) is 5.72. The van der Waals surface area contributed by atoms with Crippen LogP contribution in [0.3, 0.4) is 0 Å². The molecule has 0 aliphatic heterocycles. The summed E-state index contributed by atoms with van der Waals surface area (Å²) in [7, 11) is 0. The first-order valence-corrected chi connectivity index (χ1v) is 5.72. The molecule has 16 heavy (non-hydrogen) atoms. The molecule has 1 atom stereocenters. The Balaban J connectivity index is 2.86.